The summed E-state index contributed by atoms with van der Waals surface area (Å²) in [5.41, 5.74) is 7.14. The molecule has 90 valence electrons. The summed E-state index contributed by atoms with van der Waals surface area (Å²) in [4.78, 5) is 0. The number of hydrogen-bond acceptors (Lipinski definition) is 5. The van der Waals surface area contributed by atoms with Gasteiger partial charge in [0.25, 0.3) is 5.89 Å². The van der Waals surface area contributed by atoms with Gasteiger partial charge in [-0.25, -0.2) is 0 Å². The first kappa shape index (κ1) is 10.6. The topological polar surface area (TPSA) is 78.1 Å². The van der Waals surface area contributed by atoms with Crippen LogP contribution in [0.5, 0.6) is 0 Å². The van der Waals surface area contributed by atoms with Gasteiger partial charge in [-0.1, -0.05) is 0 Å². The zero-order valence-electron chi connectivity index (χ0n) is 9.75. The molecule has 3 aromatic rings. The van der Waals surface area contributed by atoms with Crippen molar-refractivity contribution in [3.63, 3.8) is 0 Å². The van der Waals surface area contributed by atoms with Gasteiger partial charge in [0.05, 0.1) is 0 Å². The van der Waals surface area contributed by atoms with Gasteiger partial charge in [-0.3, -0.25) is 0 Å². The molecule has 5 heteroatoms. The van der Waals surface area contributed by atoms with E-state index in [2.05, 4.69) is 10.2 Å². The molecular formula is C13H11N3O2. The van der Waals surface area contributed by atoms with Crippen LogP contribution in [0.25, 0.3) is 23.1 Å². The van der Waals surface area contributed by atoms with Crippen molar-refractivity contribution in [2.45, 2.75) is 6.92 Å². The Bertz CT molecular complexity index is 668. The molecule has 0 fully saturated rings. The molecule has 5 nitrogen and oxygen atoms in total. The zero-order valence-corrected chi connectivity index (χ0v) is 9.75. The Morgan fingerprint density at radius 3 is 2.28 bits per heavy atom. The molecule has 2 N–H and O–H groups in total. The lowest BCUT2D eigenvalue weighted by Crippen LogP contribution is -1.83. The van der Waals surface area contributed by atoms with Gasteiger partial charge in [0, 0.05) is 11.3 Å². The molecule has 2 aromatic heterocycles. The van der Waals surface area contributed by atoms with Gasteiger partial charge in [0.2, 0.25) is 5.89 Å². The Labute approximate surface area is 103 Å². The van der Waals surface area contributed by atoms with E-state index in [4.69, 9.17) is 14.6 Å². The van der Waals surface area contributed by atoms with Gasteiger partial charge < -0.3 is 14.6 Å². The fourth-order valence-electron chi connectivity index (χ4n) is 1.61. The maximum absolute atomic E-state index is 5.62. The molecule has 0 saturated heterocycles. The minimum atomic E-state index is 0.370. The van der Waals surface area contributed by atoms with E-state index in [0.717, 1.165) is 11.3 Å². The van der Waals surface area contributed by atoms with Crippen LogP contribution in [0.4, 0.5) is 5.69 Å². The van der Waals surface area contributed by atoms with Crippen molar-refractivity contribution in [1.29, 1.82) is 0 Å². The maximum Gasteiger partial charge on any atom is 0.283 e. The molecule has 3 rings (SSSR count). The SMILES string of the molecule is Cc1ccc(-c2nnc(-c3ccc(N)cc3)o2)o1. The molecule has 0 bridgehead atoms. The summed E-state index contributed by atoms with van der Waals surface area (Å²) in [5, 5.41) is 7.94. The number of anilines is 1. The summed E-state index contributed by atoms with van der Waals surface area (Å²) in [5.74, 6) is 2.19. The number of aromatic nitrogens is 2. The first-order valence-electron chi connectivity index (χ1n) is 5.48. The van der Waals surface area contributed by atoms with Crippen LogP contribution in [0.2, 0.25) is 0 Å². The monoisotopic (exact) mass is 241 g/mol. The maximum atomic E-state index is 5.62. The summed E-state index contributed by atoms with van der Waals surface area (Å²) in [6, 6.07) is 10.9. The third-order valence-corrected chi connectivity index (χ3v) is 2.53. The fraction of sp³-hybridized carbons (Fsp3) is 0.0769. The Hall–Kier alpha value is -2.56. The standard InChI is InChI=1S/C13H11N3O2/c1-8-2-7-11(17-8)13-16-15-12(18-13)9-3-5-10(14)6-4-9/h2-7H,14H2,1H3. The number of nitrogens with two attached hydrogens (primary N) is 1. The zero-order chi connectivity index (χ0) is 12.5. The van der Waals surface area contributed by atoms with Crippen LogP contribution in [0.1, 0.15) is 5.76 Å². The third-order valence-electron chi connectivity index (χ3n) is 2.53. The normalized spacial score (nSPS) is 10.7. The first-order valence-corrected chi connectivity index (χ1v) is 5.48. The van der Waals surface area contributed by atoms with Crippen LogP contribution < -0.4 is 5.73 Å². The number of furan rings is 1. The predicted molar refractivity (Wildman–Crippen MR) is 66.6 cm³/mol. The van der Waals surface area contributed by atoms with Gasteiger partial charge in [-0.2, -0.15) is 0 Å². The third kappa shape index (κ3) is 1.86. The van der Waals surface area contributed by atoms with Crippen LogP contribution in [0.3, 0.4) is 0 Å². The second kappa shape index (κ2) is 4.03. The number of hydrogen-bond donors (Lipinski definition) is 1. The minimum Gasteiger partial charge on any atom is -0.456 e. The van der Waals surface area contributed by atoms with Crippen molar-refractivity contribution in [3.8, 4) is 23.1 Å². The van der Waals surface area contributed by atoms with Crippen LogP contribution in [-0.2, 0) is 0 Å². The van der Waals surface area contributed by atoms with E-state index in [9.17, 15) is 0 Å². The van der Waals surface area contributed by atoms with Crippen molar-refractivity contribution in [1.82, 2.24) is 10.2 Å². The van der Waals surface area contributed by atoms with E-state index in [-0.39, 0.29) is 0 Å². The summed E-state index contributed by atoms with van der Waals surface area (Å²) >= 11 is 0. The van der Waals surface area contributed by atoms with Crippen molar-refractivity contribution in [2.24, 2.45) is 0 Å². The Morgan fingerprint density at radius 1 is 0.889 bits per heavy atom. The van der Waals surface area contributed by atoms with Gasteiger partial charge in [0.1, 0.15) is 5.76 Å². The quantitative estimate of drug-likeness (QED) is 0.698. The Balaban J connectivity index is 1.96. The molecule has 18 heavy (non-hydrogen) atoms. The van der Waals surface area contributed by atoms with Gasteiger partial charge in [-0.05, 0) is 43.3 Å². The highest BCUT2D eigenvalue weighted by Gasteiger charge is 2.12. The molecule has 0 aliphatic carbocycles. The fourth-order valence-corrected chi connectivity index (χ4v) is 1.61. The van der Waals surface area contributed by atoms with Crippen molar-refractivity contribution >= 4 is 5.69 Å². The number of nitrogens with zero attached hydrogens (tertiary/aromatic N) is 2. The second-order valence-electron chi connectivity index (χ2n) is 3.94. The van der Waals surface area contributed by atoms with Crippen LogP contribution >= 0.6 is 0 Å². The van der Waals surface area contributed by atoms with Crippen molar-refractivity contribution in [3.05, 3.63) is 42.2 Å². The van der Waals surface area contributed by atoms with Gasteiger partial charge in [0.15, 0.2) is 5.76 Å². The molecule has 0 radical (unpaired) electrons. The lowest BCUT2D eigenvalue weighted by Gasteiger charge is -1.94. The van der Waals surface area contributed by atoms with E-state index in [1.165, 1.54) is 0 Å². The lowest BCUT2D eigenvalue weighted by atomic mass is 10.2. The van der Waals surface area contributed by atoms with Crippen LogP contribution in [0, 0.1) is 6.92 Å². The molecule has 0 atom stereocenters. The molecule has 0 unspecified atom stereocenters. The number of aryl methyl sites for hydroxylation is 1. The summed E-state index contributed by atoms with van der Waals surface area (Å²) in [6.07, 6.45) is 0. The predicted octanol–water partition coefficient (Wildman–Crippen LogP) is 2.89. The van der Waals surface area contributed by atoms with E-state index in [0.29, 0.717) is 23.2 Å². The van der Waals surface area contributed by atoms with Crippen LogP contribution in [0.15, 0.2) is 45.2 Å². The van der Waals surface area contributed by atoms with Crippen molar-refractivity contribution < 1.29 is 8.83 Å². The molecule has 0 aliphatic heterocycles. The van der Waals surface area contributed by atoms with Gasteiger partial charge >= 0.3 is 0 Å². The van der Waals surface area contributed by atoms with Gasteiger partial charge in [-0.15, -0.1) is 10.2 Å². The van der Waals surface area contributed by atoms with Crippen molar-refractivity contribution in [2.75, 3.05) is 5.73 Å². The molecular weight excluding hydrogens is 230 g/mol. The molecule has 2 heterocycles. The van der Waals surface area contributed by atoms with E-state index >= 15 is 0 Å². The van der Waals surface area contributed by atoms with E-state index < -0.39 is 0 Å². The Kier molecular flexibility index (Phi) is 2.37. The number of nitrogen functional groups attached to an aromatic ring is 1. The number of rotatable bonds is 2. The lowest BCUT2D eigenvalue weighted by molar-refractivity contribution is 0.505. The molecule has 0 saturated carbocycles. The molecule has 0 spiro atoms. The summed E-state index contributed by atoms with van der Waals surface area (Å²) in [6.45, 7) is 1.86. The summed E-state index contributed by atoms with van der Waals surface area (Å²) < 4.78 is 11.0. The van der Waals surface area contributed by atoms with E-state index in [1.807, 2.05) is 25.1 Å². The highest BCUT2D eigenvalue weighted by atomic mass is 16.4. The highest BCUT2D eigenvalue weighted by molar-refractivity contribution is 5.58. The summed E-state index contributed by atoms with van der Waals surface area (Å²) in [7, 11) is 0. The average molecular weight is 241 g/mol. The molecule has 1 aromatic carbocycles. The molecule has 0 amide bonds. The number of benzene rings is 1. The largest absolute Gasteiger partial charge is 0.456 e. The van der Waals surface area contributed by atoms with Crippen LogP contribution in [-0.4, -0.2) is 10.2 Å². The smallest absolute Gasteiger partial charge is 0.283 e. The van der Waals surface area contributed by atoms with E-state index in [1.54, 1.807) is 18.2 Å². The second-order valence-corrected chi connectivity index (χ2v) is 3.94. The minimum absolute atomic E-state index is 0.370. The molecule has 0 aliphatic rings. The Morgan fingerprint density at radius 2 is 1.61 bits per heavy atom. The highest BCUT2D eigenvalue weighted by Crippen LogP contribution is 2.25. The average Bonchev–Trinajstić information content (AvgIpc) is 2.98. The first-order chi connectivity index (χ1) is 8.72.